The molecule has 0 amide bonds. The Morgan fingerprint density at radius 3 is 2.86 bits per heavy atom. The molecule has 0 bridgehead atoms. The number of nitrogens with one attached hydrogen (secondary N) is 1. The van der Waals surface area contributed by atoms with Crippen LogP contribution in [0, 0.1) is 12.7 Å². The Kier molecular flexibility index (Phi) is 5.59. The minimum atomic E-state index is -0.135. The lowest BCUT2D eigenvalue weighted by molar-refractivity contribution is 0.116. The molecule has 1 N–H and O–H groups in total. The van der Waals surface area contributed by atoms with Crippen LogP contribution in [0.5, 0.6) is 0 Å². The van der Waals surface area contributed by atoms with Crippen molar-refractivity contribution in [2.75, 3.05) is 31.6 Å². The van der Waals surface area contributed by atoms with Gasteiger partial charge in [0.25, 0.3) is 0 Å². The van der Waals surface area contributed by atoms with Crippen molar-refractivity contribution >= 4 is 5.69 Å². The average molecular weight is 294 g/mol. The molecular formula is C17H27FN2O. The summed E-state index contributed by atoms with van der Waals surface area (Å²) in [6.07, 6.45) is 2.55. The van der Waals surface area contributed by atoms with Gasteiger partial charge < -0.3 is 15.0 Å². The molecule has 2 rings (SSSR count). The molecule has 1 aliphatic rings. The van der Waals surface area contributed by atoms with Gasteiger partial charge in [-0.15, -0.1) is 0 Å². The first-order valence-electron chi connectivity index (χ1n) is 7.89. The van der Waals surface area contributed by atoms with E-state index < -0.39 is 0 Å². The fourth-order valence-corrected chi connectivity index (χ4v) is 2.97. The second kappa shape index (κ2) is 7.23. The minimum absolute atomic E-state index is 0.132. The Balaban J connectivity index is 2.24. The van der Waals surface area contributed by atoms with E-state index in [1.807, 2.05) is 13.0 Å². The molecule has 0 spiro atoms. The van der Waals surface area contributed by atoms with Crippen molar-refractivity contribution in [2.24, 2.45) is 0 Å². The second-order valence-corrected chi connectivity index (χ2v) is 5.96. The van der Waals surface area contributed by atoms with Crippen LogP contribution in [0.4, 0.5) is 10.1 Å². The van der Waals surface area contributed by atoms with Crippen LogP contribution in [0.1, 0.15) is 43.9 Å². The Morgan fingerprint density at radius 2 is 2.24 bits per heavy atom. The molecule has 21 heavy (non-hydrogen) atoms. The molecule has 0 saturated carbocycles. The smallest absolute Gasteiger partial charge is 0.126 e. The molecule has 2 unspecified atom stereocenters. The molecule has 1 aromatic rings. The Bertz CT molecular complexity index is 472. The summed E-state index contributed by atoms with van der Waals surface area (Å²) >= 11 is 0. The van der Waals surface area contributed by atoms with Gasteiger partial charge >= 0.3 is 0 Å². The highest BCUT2D eigenvalue weighted by Gasteiger charge is 2.21. The summed E-state index contributed by atoms with van der Waals surface area (Å²) in [5.74, 6) is -0.135. The van der Waals surface area contributed by atoms with Crippen LogP contribution in [0.25, 0.3) is 0 Å². The largest absolute Gasteiger partial charge is 0.376 e. The monoisotopic (exact) mass is 294 g/mol. The van der Waals surface area contributed by atoms with Crippen LogP contribution >= 0.6 is 0 Å². The molecule has 0 radical (unpaired) electrons. The van der Waals surface area contributed by atoms with E-state index in [4.69, 9.17) is 4.74 Å². The lowest BCUT2D eigenvalue weighted by atomic mass is 10.0. The molecule has 1 fully saturated rings. The number of rotatable bonds is 6. The third-order valence-corrected chi connectivity index (χ3v) is 4.20. The highest BCUT2D eigenvalue weighted by Crippen LogP contribution is 2.29. The zero-order valence-electron chi connectivity index (χ0n) is 13.6. The predicted molar refractivity (Wildman–Crippen MR) is 85.5 cm³/mol. The fraction of sp³-hybridized carbons (Fsp3) is 0.647. The highest BCUT2D eigenvalue weighted by atomic mass is 19.1. The van der Waals surface area contributed by atoms with E-state index in [1.54, 1.807) is 6.07 Å². The molecule has 2 atom stereocenters. The number of aryl methyl sites for hydroxylation is 1. The number of benzene rings is 1. The number of nitrogens with zero attached hydrogens (tertiary/aromatic N) is 1. The van der Waals surface area contributed by atoms with E-state index in [0.717, 1.165) is 43.8 Å². The maximum atomic E-state index is 14.0. The van der Waals surface area contributed by atoms with Crippen molar-refractivity contribution in [3.63, 3.8) is 0 Å². The Labute approximate surface area is 127 Å². The Hall–Kier alpha value is -1.13. The number of likely N-dealkylation sites (N-methyl/N-ethyl adjacent to an activating group) is 1. The zero-order valence-corrected chi connectivity index (χ0v) is 13.6. The van der Waals surface area contributed by atoms with Gasteiger partial charge in [-0.2, -0.15) is 0 Å². The molecule has 1 heterocycles. The quantitative estimate of drug-likeness (QED) is 0.870. The van der Waals surface area contributed by atoms with Gasteiger partial charge in [-0.3, -0.25) is 0 Å². The molecule has 118 valence electrons. The molecule has 0 aromatic heterocycles. The molecule has 0 aliphatic carbocycles. The van der Waals surface area contributed by atoms with Crippen LogP contribution in [-0.4, -0.2) is 32.8 Å². The number of anilines is 1. The van der Waals surface area contributed by atoms with Crippen molar-refractivity contribution in [3.05, 3.63) is 29.1 Å². The first kappa shape index (κ1) is 16.2. The topological polar surface area (TPSA) is 24.5 Å². The van der Waals surface area contributed by atoms with Crippen molar-refractivity contribution in [1.82, 2.24) is 5.32 Å². The zero-order chi connectivity index (χ0) is 15.4. The van der Waals surface area contributed by atoms with Gasteiger partial charge in [-0.25, -0.2) is 4.39 Å². The number of ether oxygens (including phenoxy) is 1. The van der Waals surface area contributed by atoms with Crippen molar-refractivity contribution < 1.29 is 9.13 Å². The van der Waals surface area contributed by atoms with Crippen molar-refractivity contribution in [2.45, 2.75) is 45.8 Å². The third-order valence-electron chi connectivity index (χ3n) is 4.20. The first-order chi connectivity index (χ1) is 10.0. The van der Waals surface area contributed by atoms with Crippen molar-refractivity contribution in [3.8, 4) is 0 Å². The maximum absolute atomic E-state index is 14.0. The lowest BCUT2D eigenvalue weighted by Crippen LogP contribution is -2.30. The molecule has 1 aliphatic heterocycles. The number of hydrogen-bond donors (Lipinski definition) is 1. The van der Waals surface area contributed by atoms with Gasteiger partial charge in [-0.05, 0) is 56.5 Å². The van der Waals surface area contributed by atoms with Gasteiger partial charge in [0.15, 0.2) is 0 Å². The van der Waals surface area contributed by atoms with Crippen LogP contribution in [0.15, 0.2) is 12.1 Å². The fourth-order valence-electron chi connectivity index (χ4n) is 2.97. The van der Waals surface area contributed by atoms with Crippen molar-refractivity contribution in [1.29, 1.82) is 0 Å². The van der Waals surface area contributed by atoms with E-state index in [9.17, 15) is 4.39 Å². The van der Waals surface area contributed by atoms with E-state index in [0.29, 0.717) is 11.7 Å². The summed E-state index contributed by atoms with van der Waals surface area (Å²) in [6, 6.07) is 3.75. The number of hydrogen-bond acceptors (Lipinski definition) is 3. The second-order valence-electron chi connectivity index (χ2n) is 5.96. The third kappa shape index (κ3) is 3.95. The number of halogens is 1. The van der Waals surface area contributed by atoms with Gasteiger partial charge in [0.2, 0.25) is 0 Å². The van der Waals surface area contributed by atoms with Gasteiger partial charge in [-0.1, -0.05) is 6.92 Å². The van der Waals surface area contributed by atoms with Gasteiger partial charge in [0.05, 0.1) is 6.10 Å². The lowest BCUT2D eigenvalue weighted by Gasteiger charge is -2.28. The summed E-state index contributed by atoms with van der Waals surface area (Å²) in [4.78, 5) is 2.20. The summed E-state index contributed by atoms with van der Waals surface area (Å²) in [7, 11) is 2.07. The van der Waals surface area contributed by atoms with Gasteiger partial charge in [0, 0.05) is 31.9 Å². The van der Waals surface area contributed by atoms with E-state index >= 15 is 0 Å². The van der Waals surface area contributed by atoms with Crippen LogP contribution in [0.2, 0.25) is 0 Å². The predicted octanol–water partition coefficient (Wildman–Crippen LogP) is 3.42. The van der Waals surface area contributed by atoms with Crippen LogP contribution < -0.4 is 10.2 Å². The van der Waals surface area contributed by atoms with Crippen LogP contribution in [0.3, 0.4) is 0 Å². The highest BCUT2D eigenvalue weighted by molar-refractivity contribution is 5.56. The normalized spacial score (nSPS) is 19.8. The summed E-state index contributed by atoms with van der Waals surface area (Å²) < 4.78 is 19.7. The molecule has 4 heteroatoms. The molecule has 1 aromatic carbocycles. The van der Waals surface area contributed by atoms with E-state index in [2.05, 4.69) is 31.1 Å². The summed E-state index contributed by atoms with van der Waals surface area (Å²) in [5.41, 5.74) is 2.80. The standard InChI is InChI=1S/C17H27FN2O/c1-5-19-13(3)15-10-16(18)12(2)9-17(15)20(4)11-14-7-6-8-21-14/h9-10,13-14,19H,5-8,11H2,1-4H3. The maximum Gasteiger partial charge on any atom is 0.126 e. The molecular weight excluding hydrogens is 267 g/mol. The molecule has 3 nitrogen and oxygen atoms in total. The molecule has 1 saturated heterocycles. The minimum Gasteiger partial charge on any atom is -0.376 e. The van der Waals surface area contributed by atoms with E-state index in [-0.39, 0.29) is 11.9 Å². The summed E-state index contributed by atoms with van der Waals surface area (Å²) in [6.45, 7) is 8.55. The summed E-state index contributed by atoms with van der Waals surface area (Å²) in [5, 5.41) is 3.37. The van der Waals surface area contributed by atoms with Crippen LogP contribution in [-0.2, 0) is 4.74 Å². The average Bonchev–Trinajstić information content (AvgIpc) is 2.94. The first-order valence-corrected chi connectivity index (χ1v) is 7.89. The van der Waals surface area contributed by atoms with Gasteiger partial charge in [0.1, 0.15) is 5.82 Å². The SMILES string of the molecule is CCNC(C)c1cc(F)c(C)cc1N(C)CC1CCCO1. The van der Waals surface area contributed by atoms with E-state index in [1.165, 1.54) is 0 Å². The Morgan fingerprint density at radius 1 is 1.48 bits per heavy atom.